The van der Waals surface area contributed by atoms with Gasteiger partial charge < -0.3 is 9.72 Å². The summed E-state index contributed by atoms with van der Waals surface area (Å²) in [5, 5.41) is 0. The lowest BCUT2D eigenvalue weighted by Gasteiger charge is -2.16. The van der Waals surface area contributed by atoms with E-state index in [0.29, 0.717) is 23.7 Å². The third-order valence-corrected chi connectivity index (χ3v) is 3.01. The van der Waals surface area contributed by atoms with Crippen LogP contribution < -0.4 is 0 Å². The Hall–Kier alpha value is -1.66. The second-order valence-electron chi connectivity index (χ2n) is 3.74. The standard InChI is InChI=1S/C11H10N4OS/c17-11-7-5-16-4-2-8(7)14-10(15-11)9-1-3-12-6-13-9/h1,3,6H,2,4-5H2,(H,14,15,17). The molecule has 0 saturated heterocycles. The van der Waals surface area contributed by atoms with Crippen LogP contribution in [0.3, 0.4) is 0 Å². The third kappa shape index (κ3) is 1.96. The molecule has 1 aliphatic heterocycles. The first kappa shape index (κ1) is 10.5. The van der Waals surface area contributed by atoms with Crippen molar-refractivity contribution >= 4 is 12.2 Å². The molecule has 1 aliphatic rings. The van der Waals surface area contributed by atoms with Crippen LogP contribution in [0.5, 0.6) is 0 Å². The Labute approximate surface area is 103 Å². The van der Waals surface area contributed by atoms with Crippen LogP contribution in [-0.2, 0) is 17.8 Å². The number of H-pyrrole nitrogens is 1. The van der Waals surface area contributed by atoms with Gasteiger partial charge in [0, 0.05) is 23.9 Å². The molecule has 0 aliphatic carbocycles. The van der Waals surface area contributed by atoms with Crippen molar-refractivity contribution < 1.29 is 4.74 Å². The number of ether oxygens (including phenoxy) is 1. The summed E-state index contributed by atoms with van der Waals surface area (Å²) in [6.07, 6.45) is 4.01. The normalized spacial score (nSPS) is 14.4. The quantitative estimate of drug-likeness (QED) is 0.775. The number of aromatic nitrogens is 4. The van der Waals surface area contributed by atoms with Gasteiger partial charge >= 0.3 is 0 Å². The molecule has 0 aromatic carbocycles. The fraction of sp³-hybridized carbons (Fsp3) is 0.273. The molecule has 0 bridgehead atoms. The van der Waals surface area contributed by atoms with Crippen LogP contribution in [0.4, 0.5) is 0 Å². The summed E-state index contributed by atoms with van der Waals surface area (Å²) in [6, 6.07) is 1.80. The van der Waals surface area contributed by atoms with Gasteiger partial charge in [0.15, 0.2) is 5.82 Å². The van der Waals surface area contributed by atoms with Gasteiger partial charge in [-0.15, -0.1) is 0 Å². The summed E-state index contributed by atoms with van der Waals surface area (Å²) >= 11 is 5.27. The minimum absolute atomic E-state index is 0.543. The summed E-state index contributed by atoms with van der Waals surface area (Å²) in [6.45, 7) is 1.26. The molecule has 0 atom stereocenters. The fourth-order valence-electron chi connectivity index (χ4n) is 1.81. The molecule has 0 spiro atoms. The highest BCUT2D eigenvalue weighted by Crippen LogP contribution is 2.19. The first-order valence-corrected chi connectivity index (χ1v) is 5.71. The first-order valence-electron chi connectivity index (χ1n) is 5.31. The van der Waals surface area contributed by atoms with Crippen LogP contribution in [0.15, 0.2) is 18.6 Å². The SMILES string of the molecule is S=c1nc(-c2ccncn2)[nH]c2c1COCC2. The van der Waals surface area contributed by atoms with Crippen molar-refractivity contribution in [1.29, 1.82) is 0 Å². The highest BCUT2D eigenvalue weighted by atomic mass is 32.1. The largest absolute Gasteiger partial charge is 0.376 e. The van der Waals surface area contributed by atoms with E-state index < -0.39 is 0 Å². The Morgan fingerprint density at radius 3 is 3.18 bits per heavy atom. The zero-order valence-corrected chi connectivity index (χ0v) is 9.83. The van der Waals surface area contributed by atoms with Gasteiger partial charge in [0.05, 0.1) is 13.2 Å². The topological polar surface area (TPSA) is 63.7 Å². The molecule has 17 heavy (non-hydrogen) atoms. The van der Waals surface area contributed by atoms with Crippen molar-refractivity contribution in [2.24, 2.45) is 0 Å². The molecule has 3 rings (SSSR count). The molecule has 1 N–H and O–H groups in total. The van der Waals surface area contributed by atoms with Gasteiger partial charge in [-0.1, -0.05) is 12.2 Å². The molecule has 0 fully saturated rings. The number of fused-ring (bicyclic) bond motifs is 1. The molecule has 0 saturated carbocycles. The Morgan fingerprint density at radius 2 is 2.35 bits per heavy atom. The van der Waals surface area contributed by atoms with Crippen LogP contribution >= 0.6 is 12.2 Å². The van der Waals surface area contributed by atoms with Crippen molar-refractivity contribution in [3.8, 4) is 11.5 Å². The number of hydrogen-bond acceptors (Lipinski definition) is 5. The summed E-state index contributed by atoms with van der Waals surface area (Å²) < 4.78 is 5.96. The van der Waals surface area contributed by atoms with Crippen molar-refractivity contribution in [1.82, 2.24) is 19.9 Å². The number of nitrogens with one attached hydrogen (secondary N) is 1. The van der Waals surface area contributed by atoms with Crippen molar-refractivity contribution in [3.63, 3.8) is 0 Å². The molecule has 0 unspecified atom stereocenters. The number of aromatic amines is 1. The van der Waals surface area contributed by atoms with Gasteiger partial charge in [-0.3, -0.25) is 0 Å². The van der Waals surface area contributed by atoms with E-state index in [4.69, 9.17) is 17.0 Å². The van der Waals surface area contributed by atoms with Crippen LogP contribution in [-0.4, -0.2) is 26.5 Å². The van der Waals surface area contributed by atoms with Gasteiger partial charge in [-0.25, -0.2) is 15.0 Å². The van der Waals surface area contributed by atoms with Gasteiger partial charge in [0.2, 0.25) is 0 Å². The number of hydrogen-bond donors (Lipinski definition) is 1. The smallest absolute Gasteiger partial charge is 0.157 e. The minimum Gasteiger partial charge on any atom is -0.376 e. The molecule has 2 aromatic heterocycles. The Kier molecular flexibility index (Phi) is 2.66. The summed E-state index contributed by atoms with van der Waals surface area (Å²) in [4.78, 5) is 15.7. The highest BCUT2D eigenvalue weighted by molar-refractivity contribution is 7.71. The Morgan fingerprint density at radius 1 is 1.41 bits per heavy atom. The lowest BCUT2D eigenvalue weighted by molar-refractivity contribution is 0.108. The second-order valence-corrected chi connectivity index (χ2v) is 4.13. The predicted octanol–water partition coefficient (Wildman–Crippen LogP) is 1.67. The van der Waals surface area contributed by atoms with E-state index in [1.54, 1.807) is 12.3 Å². The van der Waals surface area contributed by atoms with Gasteiger partial charge in [-0.05, 0) is 6.07 Å². The van der Waals surface area contributed by atoms with E-state index in [1.165, 1.54) is 6.33 Å². The van der Waals surface area contributed by atoms with Crippen LogP contribution in [0.2, 0.25) is 0 Å². The van der Waals surface area contributed by atoms with Gasteiger partial charge in [0.1, 0.15) is 16.7 Å². The maximum Gasteiger partial charge on any atom is 0.157 e. The summed E-state index contributed by atoms with van der Waals surface area (Å²) in [7, 11) is 0. The van der Waals surface area contributed by atoms with Crippen LogP contribution in [0, 0.1) is 4.64 Å². The molecular formula is C11H10N4OS. The molecule has 0 amide bonds. The van der Waals surface area contributed by atoms with E-state index in [9.17, 15) is 0 Å². The zero-order chi connectivity index (χ0) is 11.7. The van der Waals surface area contributed by atoms with Gasteiger partial charge in [-0.2, -0.15) is 0 Å². The third-order valence-electron chi connectivity index (χ3n) is 2.67. The average Bonchev–Trinajstić information content (AvgIpc) is 2.40. The zero-order valence-electron chi connectivity index (χ0n) is 9.01. The molecule has 2 aromatic rings. The molecular weight excluding hydrogens is 236 g/mol. The van der Waals surface area contributed by atoms with Gasteiger partial charge in [0.25, 0.3) is 0 Å². The maximum atomic E-state index is 5.37. The van der Waals surface area contributed by atoms with Crippen molar-refractivity contribution in [2.45, 2.75) is 13.0 Å². The van der Waals surface area contributed by atoms with E-state index in [-0.39, 0.29) is 0 Å². The van der Waals surface area contributed by atoms with E-state index in [1.807, 2.05) is 0 Å². The maximum absolute atomic E-state index is 5.37. The molecule has 3 heterocycles. The number of rotatable bonds is 1. The molecule has 5 nitrogen and oxygen atoms in total. The van der Waals surface area contributed by atoms with Crippen molar-refractivity contribution in [2.75, 3.05) is 6.61 Å². The monoisotopic (exact) mass is 246 g/mol. The minimum atomic E-state index is 0.543. The highest BCUT2D eigenvalue weighted by Gasteiger charge is 2.14. The van der Waals surface area contributed by atoms with Crippen LogP contribution in [0.1, 0.15) is 11.3 Å². The van der Waals surface area contributed by atoms with Crippen LogP contribution in [0.25, 0.3) is 11.5 Å². The summed E-state index contributed by atoms with van der Waals surface area (Å²) in [5.74, 6) is 0.693. The second kappa shape index (κ2) is 4.31. The lowest BCUT2D eigenvalue weighted by atomic mass is 10.1. The predicted molar refractivity (Wildman–Crippen MR) is 63.8 cm³/mol. The molecule has 0 radical (unpaired) electrons. The Bertz CT molecular complexity index is 596. The van der Waals surface area contributed by atoms with E-state index in [0.717, 1.165) is 23.4 Å². The van der Waals surface area contributed by atoms with E-state index in [2.05, 4.69) is 19.9 Å². The fourth-order valence-corrected chi connectivity index (χ4v) is 2.08. The average molecular weight is 246 g/mol. The number of nitrogens with zero attached hydrogens (tertiary/aromatic N) is 3. The Balaban J connectivity index is 2.14. The molecule has 86 valence electrons. The van der Waals surface area contributed by atoms with Crippen molar-refractivity contribution in [3.05, 3.63) is 34.5 Å². The summed E-state index contributed by atoms with van der Waals surface area (Å²) in [5.41, 5.74) is 2.84. The first-order chi connectivity index (χ1) is 8.34. The lowest BCUT2D eigenvalue weighted by Crippen LogP contribution is -2.14. The molecule has 6 heteroatoms. The van der Waals surface area contributed by atoms with E-state index >= 15 is 0 Å².